The molecule has 1 heterocycles. The van der Waals surface area contributed by atoms with Gasteiger partial charge in [0.05, 0.1) is 0 Å². The van der Waals surface area contributed by atoms with E-state index in [1.54, 1.807) is 12.5 Å². The first-order valence-electron chi connectivity index (χ1n) is 1.59. The molecule has 0 saturated heterocycles. The molecule has 31 valence electrons. The minimum absolute atomic E-state index is 1.05. The van der Waals surface area contributed by atoms with Gasteiger partial charge in [0.25, 0.3) is 0 Å². The van der Waals surface area contributed by atoms with Crippen molar-refractivity contribution in [2.75, 3.05) is 0 Å². The van der Waals surface area contributed by atoms with Crippen LogP contribution < -0.4 is 4.46 Å². The standard InChI is InChI=1S/C4H3OSe/c6-4-1-2-5-3-4/h1-3H. The van der Waals surface area contributed by atoms with E-state index in [-0.39, 0.29) is 0 Å². The van der Waals surface area contributed by atoms with Crippen LogP contribution in [0.15, 0.2) is 23.0 Å². The SMILES string of the molecule is [Se]c1ccoc1. The molecule has 1 aromatic rings. The quantitative estimate of drug-likeness (QED) is 0.472. The van der Waals surface area contributed by atoms with E-state index in [1.807, 2.05) is 6.07 Å². The molecule has 0 amide bonds. The molecule has 0 aromatic carbocycles. The van der Waals surface area contributed by atoms with Crippen LogP contribution in [0.4, 0.5) is 0 Å². The van der Waals surface area contributed by atoms with Crippen molar-refractivity contribution in [3.63, 3.8) is 0 Å². The van der Waals surface area contributed by atoms with Crippen LogP contribution in [0.5, 0.6) is 0 Å². The summed E-state index contributed by atoms with van der Waals surface area (Å²) in [6.45, 7) is 0. The minimum atomic E-state index is 1.05. The summed E-state index contributed by atoms with van der Waals surface area (Å²) in [7, 11) is 0. The summed E-state index contributed by atoms with van der Waals surface area (Å²) in [4.78, 5) is 0. The Morgan fingerprint density at radius 1 is 1.67 bits per heavy atom. The monoisotopic (exact) mass is 147 g/mol. The van der Waals surface area contributed by atoms with Gasteiger partial charge in [0, 0.05) is 0 Å². The van der Waals surface area contributed by atoms with Crippen molar-refractivity contribution in [1.82, 2.24) is 0 Å². The predicted octanol–water partition coefficient (Wildman–Crippen LogP) is 0.0734. The molecular weight excluding hydrogens is 143 g/mol. The molecule has 0 unspecified atom stereocenters. The van der Waals surface area contributed by atoms with Crippen LogP contribution in [0.3, 0.4) is 0 Å². The first-order valence-corrected chi connectivity index (χ1v) is 2.44. The molecule has 0 aliphatic rings. The average Bonchev–Trinajstić information content (AvgIpc) is 1.86. The second-order valence-electron chi connectivity index (χ2n) is 0.959. The van der Waals surface area contributed by atoms with Gasteiger partial charge >= 0.3 is 43.5 Å². The number of furan rings is 1. The first-order chi connectivity index (χ1) is 2.89. The van der Waals surface area contributed by atoms with Gasteiger partial charge in [-0.1, -0.05) is 0 Å². The molecule has 0 bridgehead atoms. The van der Waals surface area contributed by atoms with E-state index < -0.39 is 0 Å². The van der Waals surface area contributed by atoms with E-state index in [0.717, 1.165) is 4.46 Å². The van der Waals surface area contributed by atoms with Crippen molar-refractivity contribution < 1.29 is 4.42 Å². The Balaban J connectivity index is 3.05. The average molecular weight is 146 g/mol. The molecule has 1 aromatic heterocycles. The number of hydrogen-bond donors (Lipinski definition) is 0. The molecule has 1 radical (unpaired) electrons. The molecule has 0 saturated carbocycles. The Morgan fingerprint density at radius 2 is 2.50 bits per heavy atom. The summed E-state index contributed by atoms with van der Waals surface area (Å²) in [5.41, 5.74) is 0. The normalized spacial score (nSPS) is 8.67. The molecule has 0 atom stereocenters. The Hall–Kier alpha value is -0.201. The van der Waals surface area contributed by atoms with E-state index in [2.05, 4.69) is 20.4 Å². The zero-order valence-corrected chi connectivity index (χ0v) is 4.76. The Labute approximate surface area is 44.2 Å². The molecule has 1 nitrogen and oxygen atoms in total. The van der Waals surface area contributed by atoms with Crippen LogP contribution in [0.2, 0.25) is 0 Å². The third kappa shape index (κ3) is 0.644. The van der Waals surface area contributed by atoms with Gasteiger partial charge in [-0.25, -0.2) is 0 Å². The van der Waals surface area contributed by atoms with Crippen LogP contribution in [0.1, 0.15) is 0 Å². The van der Waals surface area contributed by atoms with Crippen LogP contribution in [0, 0.1) is 0 Å². The molecule has 0 aliphatic heterocycles. The van der Waals surface area contributed by atoms with Crippen molar-refractivity contribution >= 4 is 20.5 Å². The van der Waals surface area contributed by atoms with Gasteiger partial charge in [-0.15, -0.1) is 0 Å². The molecule has 6 heavy (non-hydrogen) atoms. The van der Waals surface area contributed by atoms with Crippen molar-refractivity contribution in [2.24, 2.45) is 0 Å². The van der Waals surface area contributed by atoms with Crippen LogP contribution in [-0.4, -0.2) is 16.0 Å². The fourth-order valence-electron chi connectivity index (χ4n) is 0.252. The second kappa shape index (κ2) is 1.50. The summed E-state index contributed by atoms with van der Waals surface area (Å²) in [6, 6.07) is 1.86. The van der Waals surface area contributed by atoms with Gasteiger partial charge in [-0.2, -0.15) is 0 Å². The maximum atomic E-state index is 4.68. The summed E-state index contributed by atoms with van der Waals surface area (Å²) in [5.74, 6) is 0. The van der Waals surface area contributed by atoms with Crippen molar-refractivity contribution in [3.05, 3.63) is 18.6 Å². The van der Waals surface area contributed by atoms with Crippen LogP contribution in [-0.2, 0) is 0 Å². The van der Waals surface area contributed by atoms with Crippen LogP contribution >= 0.6 is 0 Å². The van der Waals surface area contributed by atoms with Crippen molar-refractivity contribution in [2.45, 2.75) is 0 Å². The molecule has 0 N–H and O–H groups in total. The van der Waals surface area contributed by atoms with Gasteiger partial charge in [-0.05, 0) is 0 Å². The van der Waals surface area contributed by atoms with Gasteiger partial charge in [0.15, 0.2) is 0 Å². The van der Waals surface area contributed by atoms with Gasteiger partial charge < -0.3 is 0 Å². The van der Waals surface area contributed by atoms with E-state index in [0.29, 0.717) is 0 Å². The summed E-state index contributed by atoms with van der Waals surface area (Å²) >= 11 is 2.79. The predicted molar refractivity (Wildman–Crippen MR) is 24.1 cm³/mol. The van der Waals surface area contributed by atoms with E-state index in [1.165, 1.54) is 0 Å². The summed E-state index contributed by atoms with van der Waals surface area (Å²) in [5, 5.41) is 0. The second-order valence-corrected chi connectivity index (χ2v) is 1.95. The third-order valence-electron chi connectivity index (χ3n) is 0.495. The van der Waals surface area contributed by atoms with E-state index in [9.17, 15) is 0 Å². The molecule has 0 aliphatic carbocycles. The fraction of sp³-hybridized carbons (Fsp3) is 0. The summed E-state index contributed by atoms with van der Waals surface area (Å²) < 4.78 is 5.73. The zero-order valence-electron chi connectivity index (χ0n) is 3.05. The maximum absolute atomic E-state index is 4.68. The third-order valence-corrected chi connectivity index (χ3v) is 0.982. The van der Waals surface area contributed by atoms with E-state index in [4.69, 9.17) is 0 Å². The topological polar surface area (TPSA) is 13.1 Å². The Morgan fingerprint density at radius 3 is 2.67 bits per heavy atom. The van der Waals surface area contributed by atoms with E-state index >= 15 is 0 Å². The van der Waals surface area contributed by atoms with Crippen molar-refractivity contribution in [1.29, 1.82) is 0 Å². The van der Waals surface area contributed by atoms with Crippen molar-refractivity contribution in [3.8, 4) is 0 Å². The number of hydrogen-bond acceptors (Lipinski definition) is 1. The molecule has 2 heteroatoms. The number of rotatable bonds is 0. The zero-order chi connectivity index (χ0) is 4.41. The van der Waals surface area contributed by atoms with Gasteiger partial charge in [-0.3, -0.25) is 0 Å². The Bertz CT molecular complexity index is 111. The molecule has 1 rings (SSSR count). The molecule has 0 spiro atoms. The van der Waals surface area contributed by atoms with Gasteiger partial charge in [0.2, 0.25) is 0 Å². The molecular formula is C4H3OSe. The van der Waals surface area contributed by atoms with Gasteiger partial charge in [0.1, 0.15) is 0 Å². The molecule has 0 fully saturated rings. The Kier molecular flexibility index (Phi) is 0.992. The first kappa shape index (κ1) is 3.97. The summed E-state index contributed by atoms with van der Waals surface area (Å²) in [6.07, 6.45) is 3.28. The van der Waals surface area contributed by atoms with Crippen LogP contribution in [0.25, 0.3) is 0 Å². The fourth-order valence-corrected chi connectivity index (χ4v) is 0.485.